The molecule has 0 bridgehead atoms. The summed E-state index contributed by atoms with van der Waals surface area (Å²) in [5.74, 6) is 0.320. The second kappa shape index (κ2) is 4.80. The number of carboxylic acids is 1. The van der Waals surface area contributed by atoms with E-state index >= 15 is 0 Å². The SMILES string of the molecule is COc1ncnc(N2CC(C)C(C(=O)O)C2)c1C. The predicted molar refractivity (Wildman–Crippen MR) is 65.8 cm³/mol. The molecule has 2 atom stereocenters. The fourth-order valence-corrected chi connectivity index (χ4v) is 2.41. The first-order chi connectivity index (χ1) is 8.54. The van der Waals surface area contributed by atoms with Gasteiger partial charge in [0.05, 0.1) is 18.6 Å². The molecule has 2 heterocycles. The second-order valence-electron chi connectivity index (χ2n) is 4.66. The fraction of sp³-hybridized carbons (Fsp3) is 0.583. The lowest BCUT2D eigenvalue weighted by molar-refractivity contribution is -0.142. The Morgan fingerprint density at radius 2 is 2.22 bits per heavy atom. The van der Waals surface area contributed by atoms with Crippen LogP contribution in [0.15, 0.2) is 6.33 Å². The number of aliphatic carboxylic acids is 1. The number of hydrogen-bond donors (Lipinski definition) is 1. The lowest BCUT2D eigenvalue weighted by atomic mass is 9.99. The van der Waals surface area contributed by atoms with Gasteiger partial charge in [0.25, 0.3) is 0 Å². The Labute approximate surface area is 106 Å². The van der Waals surface area contributed by atoms with Crippen molar-refractivity contribution in [2.75, 3.05) is 25.1 Å². The summed E-state index contributed by atoms with van der Waals surface area (Å²) in [7, 11) is 1.56. The smallest absolute Gasteiger partial charge is 0.308 e. The summed E-state index contributed by atoms with van der Waals surface area (Å²) in [5.41, 5.74) is 0.846. The Bertz CT molecular complexity index is 464. The van der Waals surface area contributed by atoms with Gasteiger partial charge in [-0.25, -0.2) is 9.97 Å². The number of carboxylic acid groups (broad SMARTS) is 1. The Morgan fingerprint density at radius 3 is 2.78 bits per heavy atom. The van der Waals surface area contributed by atoms with E-state index in [1.807, 2.05) is 18.7 Å². The maximum atomic E-state index is 11.1. The molecule has 0 aliphatic carbocycles. The van der Waals surface area contributed by atoms with Gasteiger partial charge in [-0.2, -0.15) is 0 Å². The maximum Gasteiger partial charge on any atom is 0.308 e. The van der Waals surface area contributed by atoms with Gasteiger partial charge in [-0.3, -0.25) is 4.79 Å². The lowest BCUT2D eigenvalue weighted by Crippen LogP contribution is -2.24. The van der Waals surface area contributed by atoms with Gasteiger partial charge in [0.2, 0.25) is 5.88 Å². The number of anilines is 1. The molecule has 1 N–H and O–H groups in total. The van der Waals surface area contributed by atoms with Crippen LogP contribution in [0, 0.1) is 18.8 Å². The maximum absolute atomic E-state index is 11.1. The van der Waals surface area contributed by atoms with Crippen molar-refractivity contribution < 1.29 is 14.6 Å². The van der Waals surface area contributed by atoms with Crippen molar-refractivity contribution in [1.82, 2.24) is 9.97 Å². The Balaban J connectivity index is 2.26. The summed E-state index contributed by atoms with van der Waals surface area (Å²) in [6, 6.07) is 0. The molecule has 0 spiro atoms. The molecule has 0 amide bonds. The molecule has 6 heteroatoms. The van der Waals surface area contributed by atoms with E-state index in [-0.39, 0.29) is 11.8 Å². The molecule has 6 nitrogen and oxygen atoms in total. The Kier molecular flexibility index (Phi) is 3.36. The molecule has 1 aromatic heterocycles. The molecule has 0 aromatic carbocycles. The third-order valence-corrected chi connectivity index (χ3v) is 3.43. The number of methoxy groups -OCH3 is 1. The van der Waals surface area contributed by atoms with Crippen LogP contribution in [0.2, 0.25) is 0 Å². The molecular weight excluding hydrogens is 234 g/mol. The fourth-order valence-electron chi connectivity index (χ4n) is 2.41. The number of carbonyl (C=O) groups is 1. The minimum Gasteiger partial charge on any atom is -0.481 e. The van der Waals surface area contributed by atoms with Crippen molar-refractivity contribution in [3.05, 3.63) is 11.9 Å². The highest BCUT2D eigenvalue weighted by Gasteiger charge is 2.36. The molecule has 98 valence electrons. The topological polar surface area (TPSA) is 75.6 Å². The molecule has 0 saturated carbocycles. The van der Waals surface area contributed by atoms with E-state index in [0.717, 1.165) is 11.4 Å². The van der Waals surface area contributed by atoms with E-state index in [1.54, 1.807) is 7.11 Å². The molecule has 18 heavy (non-hydrogen) atoms. The molecule has 1 aromatic rings. The first-order valence-electron chi connectivity index (χ1n) is 5.88. The van der Waals surface area contributed by atoms with Crippen molar-refractivity contribution in [3.63, 3.8) is 0 Å². The van der Waals surface area contributed by atoms with E-state index in [9.17, 15) is 4.79 Å². The quantitative estimate of drug-likeness (QED) is 0.862. The van der Waals surface area contributed by atoms with Crippen LogP contribution in [0.1, 0.15) is 12.5 Å². The van der Waals surface area contributed by atoms with Crippen molar-refractivity contribution in [2.24, 2.45) is 11.8 Å². The highest BCUT2D eigenvalue weighted by molar-refractivity contribution is 5.72. The summed E-state index contributed by atoms with van der Waals surface area (Å²) < 4.78 is 5.15. The first kappa shape index (κ1) is 12.6. The second-order valence-corrected chi connectivity index (χ2v) is 4.66. The van der Waals surface area contributed by atoms with Crippen LogP contribution < -0.4 is 9.64 Å². The van der Waals surface area contributed by atoms with E-state index in [2.05, 4.69) is 9.97 Å². The molecule has 2 unspecified atom stereocenters. The van der Waals surface area contributed by atoms with Crippen molar-refractivity contribution in [3.8, 4) is 5.88 Å². The number of aromatic nitrogens is 2. The summed E-state index contributed by atoms with van der Waals surface area (Å²) in [4.78, 5) is 21.4. The largest absolute Gasteiger partial charge is 0.481 e. The summed E-state index contributed by atoms with van der Waals surface area (Å²) in [5, 5.41) is 9.13. The van der Waals surface area contributed by atoms with Gasteiger partial charge in [-0.15, -0.1) is 0 Å². The van der Waals surface area contributed by atoms with Crippen molar-refractivity contribution in [2.45, 2.75) is 13.8 Å². The number of hydrogen-bond acceptors (Lipinski definition) is 5. The average molecular weight is 251 g/mol. The minimum absolute atomic E-state index is 0.114. The molecule has 1 aliphatic heterocycles. The van der Waals surface area contributed by atoms with Gasteiger partial charge in [-0.05, 0) is 12.8 Å². The van der Waals surface area contributed by atoms with E-state index in [0.29, 0.717) is 19.0 Å². The normalized spacial score (nSPS) is 23.2. The monoisotopic (exact) mass is 251 g/mol. The van der Waals surface area contributed by atoms with Gasteiger partial charge in [-0.1, -0.05) is 6.92 Å². The van der Waals surface area contributed by atoms with Crippen molar-refractivity contribution >= 4 is 11.8 Å². The predicted octanol–water partition coefficient (Wildman–Crippen LogP) is 0.951. The van der Waals surface area contributed by atoms with Crippen LogP contribution in [0.25, 0.3) is 0 Å². The number of rotatable bonds is 3. The zero-order valence-corrected chi connectivity index (χ0v) is 10.8. The molecule has 1 aliphatic rings. The third kappa shape index (κ3) is 2.10. The highest BCUT2D eigenvalue weighted by atomic mass is 16.5. The lowest BCUT2D eigenvalue weighted by Gasteiger charge is -2.19. The van der Waals surface area contributed by atoms with Crippen LogP contribution in [0.5, 0.6) is 5.88 Å². The summed E-state index contributed by atoms with van der Waals surface area (Å²) in [6.45, 7) is 5.01. The summed E-state index contributed by atoms with van der Waals surface area (Å²) >= 11 is 0. The standard InChI is InChI=1S/C12H17N3O3/c1-7-4-15(5-9(7)12(16)17)10-8(2)11(18-3)14-6-13-10/h6-7,9H,4-5H2,1-3H3,(H,16,17). The van der Waals surface area contributed by atoms with Crippen molar-refractivity contribution in [1.29, 1.82) is 0 Å². The van der Waals surface area contributed by atoms with Crippen LogP contribution in [-0.4, -0.2) is 41.2 Å². The highest BCUT2D eigenvalue weighted by Crippen LogP contribution is 2.31. The van der Waals surface area contributed by atoms with Crippen LogP contribution in [-0.2, 0) is 4.79 Å². The van der Waals surface area contributed by atoms with Gasteiger partial charge < -0.3 is 14.7 Å². The molecular formula is C12H17N3O3. The van der Waals surface area contributed by atoms with E-state index < -0.39 is 5.97 Å². The average Bonchev–Trinajstić information content (AvgIpc) is 2.71. The van der Waals surface area contributed by atoms with E-state index in [1.165, 1.54) is 6.33 Å². The number of nitrogens with zero attached hydrogens (tertiary/aromatic N) is 3. The van der Waals surface area contributed by atoms with Crippen LogP contribution >= 0.6 is 0 Å². The van der Waals surface area contributed by atoms with Crippen LogP contribution in [0.4, 0.5) is 5.82 Å². The Hall–Kier alpha value is -1.85. The third-order valence-electron chi connectivity index (χ3n) is 3.43. The molecule has 1 saturated heterocycles. The Morgan fingerprint density at radius 1 is 1.50 bits per heavy atom. The molecule has 0 radical (unpaired) electrons. The minimum atomic E-state index is -0.747. The van der Waals surface area contributed by atoms with Gasteiger partial charge in [0.1, 0.15) is 12.1 Å². The van der Waals surface area contributed by atoms with Gasteiger partial charge in [0.15, 0.2) is 0 Å². The zero-order valence-electron chi connectivity index (χ0n) is 10.8. The summed E-state index contributed by atoms with van der Waals surface area (Å²) in [6.07, 6.45) is 1.44. The van der Waals surface area contributed by atoms with E-state index in [4.69, 9.17) is 9.84 Å². The zero-order chi connectivity index (χ0) is 13.3. The van der Waals surface area contributed by atoms with Crippen LogP contribution in [0.3, 0.4) is 0 Å². The molecule has 2 rings (SSSR count). The number of ether oxygens (including phenoxy) is 1. The molecule has 1 fully saturated rings. The van der Waals surface area contributed by atoms with Gasteiger partial charge in [0, 0.05) is 13.1 Å². The first-order valence-corrected chi connectivity index (χ1v) is 5.88. The van der Waals surface area contributed by atoms with Gasteiger partial charge >= 0.3 is 5.97 Å².